The highest BCUT2D eigenvalue weighted by atomic mass is 32.2. The van der Waals surface area contributed by atoms with Crippen molar-refractivity contribution in [3.8, 4) is 0 Å². The number of nitrogens with zero attached hydrogens (tertiary/aromatic N) is 1. The molecule has 2 aliphatic rings. The summed E-state index contributed by atoms with van der Waals surface area (Å²) in [7, 11) is -3.74. The standard InChI is InChI=1S/C32H39FN2O2S/c1-31(2,3)26-8-10-27(11-9-26)32(18-5-4-6-19-32)23-35-20-17-24-21-30(16-7-25(24)22-35)38(36,37)34-29-14-12-28(33)13-15-29/h7-16,21,34H,4-6,17-20,22-23H2,1-3H3. The van der Waals surface area contributed by atoms with Gasteiger partial charge in [-0.25, -0.2) is 12.8 Å². The van der Waals surface area contributed by atoms with Gasteiger partial charge in [-0.15, -0.1) is 0 Å². The normalized spacial score (nSPS) is 18.1. The summed E-state index contributed by atoms with van der Waals surface area (Å²) in [5.41, 5.74) is 5.80. The van der Waals surface area contributed by atoms with Crippen LogP contribution in [-0.2, 0) is 33.8 Å². The Hall–Kier alpha value is -2.70. The molecule has 1 N–H and O–H groups in total. The molecule has 0 amide bonds. The Bertz CT molecular complexity index is 1370. The summed E-state index contributed by atoms with van der Waals surface area (Å²) in [6.07, 6.45) is 7.12. The monoisotopic (exact) mass is 534 g/mol. The van der Waals surface area contributed by atoms with Gasteiger partial charge in [0, 0.05) is 30.7 Å². The van der Waals surface area contributed by atoms with E-state index in [4.69, 9.17) is 0 Å². The van der Waals surface area contributed by atoms with Gasteiger partial charge in [0.1, 0.15) is 5.82 Å². The molecular weight excluding hydrogens is 495 g/mol. The Morgan fingerprint density at radius 1 is 0.895 bits per heavy atom. The number of anilines is 1. The smallest absolute Gasteiger partial charge is 0.261 e. The molecule has 38 heavy (non-hydrogen) atoms. The van der Waals surface area contributed by atoms with E-state index in [0.717, 1.165) is 31.6 Å². The number of sulfonamides is 1. The van der Waals surface area contributed by atoms with E-state index in [-0.39, 0.29) is 15.7 Å². The van der Waals surface area contributed by atoms with Gasteiger partial charge < -0.3 is 0 Å². The average molecular weight is 535 g/mol. The first-order chi connectivity index (χ1) is 18.0. The summed E-state index contributed by atoms with van der Waals surface area (Å²) in [5, 5.41) is 0. The van der Waals surface area contributed by atoms with Crippen molar-refractivity contribution >= 4 is 15.7 Å². The lowest BCUT2D eigenvalue weighted by Gasteiger charge is -2.43. The highest BCUT2D eigenvalue weighted by molar-refractivity contribution is 7.92. The Labute approximate surface area is 227 Å². The molecule has 0 aromatic heterocycles. The maximum atomic E-state index is 13.2. The Morgan fingerprint density at radius 2 is 1.58 bits per heavy atom. The minimum atomic E-state index is -3.74. The van der Waals surface area contributed by atoms with Crippen LogP contribution in [0.3, 0.4) is 0 Å². The van der Waals surface area contributed by atoms with Gasteiger partial charge in [-0.2, -0.15) is 0 Å². The maximum Gasteiger partial charge on any atom is 0.261 e. The van der Waals surface area contributed by atoms with Crippen LogP contribution < -0.4 is 4.72 Å². The van der Waals surface area contributed by atoms with Gasteiger partial charge in [-0.1, -0.05) is 70.4 Å². The van der Waals surface area contributed by atoms with Gasteiger partial charge in [0.2, 0.25) is 0 Å². The quantitative estimate of drug-likeness (QED) is 0.364. The molecule has 0 spiro atoms. The van der Waals surface area contributed by atoms with Crippen molar-refractivity contribution in [3.63, 3.8) is 0 Å². The fourth-order valence-electron chi connectivity index (χ4n) is 6.14. The number of halogens is 1. The van der Waals surface area contributed by atoms with Crippen molar-refractivity contribution in [2.45, 2.75) is 81.6 Å². The summed E-state index contributed by atoms with van der Waals surface area (Å²) in [6, 6.07) is 20.2. The molecule has 1 fully saturated rings. The number of benzene rings is 3. The van der Waals surface area contributed by atoms with Gasteiger partial charge in [-0.05, 0) is 83.3 Å². The van der Waals surface area contributed by atoms with Crippen molar-refractivity contribution < 1.29 is 12.8 Å². The topological polar surface area (TPSA) is 49.4 Å². The molecule has 3 aromatic carbocycles. The molecule has 1 heterocycles. The van der Waals surface area contributed by atoms with Crippen LogP contribution in [-0.4, -0.2) is 26.4 Å². The van der Waals surface area contributed by atoms with Crippen LogP contribution in [0, 0.1) is 5.82 Å². The van der Waals surface area contributed by atoms with E-state index < -0.39 is 15.8 Å². The molecule has 0 saturated heterocycles. The first-order valence-corrected chi connectivity index (χ1v) is 15.3. The van der Waals surface area contributed by atoms with E-state index in [9.17, 15) is 12.8 Å². The van der Waals surface area contributed by atoms with Crippen LogP contribution in [0.2, 0.25) is 0 Å². The van der Waals surface area contributed by atoms with Crippen LogP contribution in [0.25, 0.3) is 0 Å². The predicted molar refractivity (Wildman–Crippen MR) is 153 cm³/mol. The number of hydrogen-bond donors (Lipinski definition) is 1. The van der Waals surface area contributed by atoms with Crippen LogP contribution >= 0.6 is 0 Å². The Balaban J connectivity index is 1.32. The minimum Gasteiger partial charge on any atom is -0.298 e. The van der Waals surface area contributed by atoms with Crippen molar-refractivity contribution in [1.29, 1.82) is 0 Å². The van der Waals surface area contributed by atoms with Gasteiger partial charge in [-0.3, -0.25) is 9.62 Å². The highest BCUT2D eigenvalue weighted by Crippen LogP contribution is 2.41. The van der Waals surface area contributed by atoms with E-state index >= 15 is 0 Å². The molecule has 6 heteroatoms. The number of hydrogen-bond acceptors (Lipinski definition) is 3. The molecule has 0 unspecified atom stereocenters. The van der Waals surface area contributed by atoms with Crippen LogP contribution in [0.15, 0.2) is 71.6 Å². The Kier molecular flexibility index (Phi) is 7.40. The van der Waals surface area contributed by atoms with Crippen LogP contribution in [0.1, 0.15) is 75.1 Å². The first kappa shape index (κ1) is 26.9. The summed E-state index contributed by atoms with van der Waals surface area (Å²) >= 11 is 0. The second-order valence-corrected chi connectivity index (χ2v) is 13.9. The van der Waals surface area contributed by atoms with Crippen molar-refractivity contribution in [2.75, 3.05) is 17.8 Å². The van der Waals surface area contributed by atoms with E-state index in [2.05, 4.69) is 54.7 Å². The van der Waals surface area contributed by atoms with E-state index in [1.807, 2.05) is 6.07 Å². The third-order valence-electron chi connectivity index (χ3n) is 8.38. The molecule has 4 nitrogen and oxygen atoms in total. The summed E-state index contributed by atoms with van der Waals surface area (Å²) in [4.78, 5) is 2.81. The third kappa shape index (κ3) is 5.81. The molecule has 1 aliphatic carbocycles. The Morgan fingerprint density at radius 3 is 2.24 bits per heavy atom. The third-order valence-corrected chi connectivity index (χ3v) is 9.75. The second kappa shape index (κ2) is 10.5. The van der Waals surface area contributed by atoms with Gasteiger partial charge >= 0.3 is 0 Å². The first-order valence-electron chi connectivity index (χ1n) is 13.8. The molecule has 0 radical (unpaired) electrons. The number of rotatable bonds is 6. The fourth-order valence-corrected chi connectivity index (χ4v) is 7.25. The van der Waals surface area contributed by atoms with Crippen LogP contribution in [0.5, 0.6) is 0 Å². The lowest BCUT2D eigenvalue weighted by atomic mass is 9.68. The lowest BCUT2D eigenvalue weighted by Crippen LogP contribution is -2.44. The molecule has 0 atom stereocenters. The minimum absolute atomic E-state index is 0.149. The molecule has 1 saturated carbocycles. The fraction of sp³-hybridized carbons (Fsp3) is 0.438. The highest BCUT2D eigenvalue weighted by Gasteiger charge is 2.36. The summed E-state index contributed by atoms with van der Waals surface area (Å²) in [5.74, 6) is -0.400. The largest absolute Gasteiger partial charge is 0.298 e. The SMILES string of the molecule is CC(C)(C)c1ccc(C2(CN3CCc4cc(S(=O)(=O)Nc5ccc(F)cc5)ccc4C3)CCCCC2)cc1. The average Bonchev–Trinajstić information content (AvgIpc) is 2.90. The van der Waals surface area contributed by atoms with Gasteiger partial charge in [0.15, 0.2) is 0 Å². The molecule has 202 valence electrons. The van der Waals surface area contributed by atoms with E-state index in [1.54, 1.807) is 12.1 Å². The zero-order valence-electron chi connectivity index (χ0n) is 22.8. The maximum absolute atomic E-state index is 13.2. The number of fused-ring (bicyclic) bond motifs is 1. The molecule has 3 aromatic rings. The predicted octanol–water partition coefficient (Wildman–Crippen LogP) is 7.18. The lowest BCUT2D eigenvalue weighted by molar-refractivity contribution is 0.156. The van der Waals surface area contributed by atoms with Crippen molar-refractivity contribution in [3.05, 3.63) is 94.8 Å². The second-order valence-electron chi connectivity index (χ2n) is 12.2. The van der Waals surface area contributed by atoms with Crippen molar-refractivity contribution in [2.24, 2.45) is 0 Å². The van der Waals surface area contributed by atoms with Gasteiger partial charge in [0.25, 0.3) is 10.0 Å². The van der Waals surface area contributed by atoms with E-state index in [1.165, 1.54) is 73.1 Å². The van der Waals surface area contributed by atoms with Crippen LogP contribution in [0.4, 0.5) is 10.1 Å². The zero-order chi connectivity index (χ0) is 27.0. The number of nitrogens with one attached hydrogen (secondary N) is 1. The molecule has 0 bridgehead atoms. The molecule has 1 aliphatic heterocycles. The molecule has 5 rings (SSSR count). The van der Waals surface area contributed by atoms with E-state index in [0.29, 0.717) is 5.69 Å². The van der Waals surface area contributed by atoms with Crippen molar-refractivity contribution in [1.82, 2.24) is 4.90 Å². The summed E-state index contributed by atoms with van der Waals surface area (Å²) < 4.78 is 41.7. The van der Waals surface area contributed by atoms with Gasteiger partial charge in [0.05, 0.1) is 4.90 Å². The zero-order valence-corrected chi connectivity index (χ0v) is 23.6. The summed E-state index contributed by atoms with van der Waals surface area (Å²) in [6.45, 7) is 9.58. The molecular formula is C32H39FN2O2S.